The third-order valence-electron chi connectivity index (χ3n) is 4.70. The van der Waals surface area contributed by atoms with Gasteiger partial charge in [0.1, 0.15) is 0 Å². The second-order valence-electron chi connectivity index (χ2n) is 6.80. The fourth-order valence-electron chi connectivity index (χ4n) is 3.20. The van der Waals surface area contributed by atoms with Gasteiger partial charge in [0, 0.05) is 25.4 Å². The Hall–Kier alpha value is -2.16. The van der Waals surface area contributed by atoms with E-state index in [4.69, 9.17) is 0 Å². The molecule has 0 amide bonds. The first kappa shape index (κ1) is 18.6. The van der Waals surface area contributed by atoms with Crippen molar-refractivity contribution in [1.82, 2.24) is 24.5 Å². The summed E-state index contributed by atoms with van der Waals surface area (Å²) in [7, 11) is 0. The molecule has 3 rings (SSSR count). The summed E-state index contributed by atoms with van der Waals surface area (Å²) in [5, 5.41) is 7.75. The van der Waals surface area contributed by atoms with E-state index < -0.39 is 17.4 Å². The van der Waals surface area contributed by atoms with Crippen LogP contribution in [-0.4, -0.2) is 44.1 Å². The van der Waals surface area contributed by atoms with Crippen molar-refractivity contribution < 1.29 is 13.2 Å². The Labute approximate surface area is 149 Å². The number of hydrogen-bond acceptors (Lipinski definition) is 4. The molecule has 0 aromatic carbocycles. The maximum atomic E-state index is 12.8. The molecule has 2 aromatic heterocycles. The van der Waals surface area contributed by atoms with Gasteiger partial charge in [-0.25, -0.2) is 4.68 Å². The monoisotopic (exact) mass is 369 g/mol. The lowest BCUT2D eigenvalue weighted by Crippen LogP contribution is -2.38. The molecule has 6 nitrogen and oxygen atoms in total. The number of aromatic nitrogens is 4. The highest BCUT2D eigenvalue weighted by Gasteiger charge is 2.33. The number of alkyl halides is 3. The lowest BCUT2D eigenvalue weighted by atomic mass is 9.97. The molecule has 0 radical (unpaired) electrons. The molecule has 2 aromatic rings. The van der Waals surface area contributed by atoms with Crippen molar-refractivity contribution in [2.75, 3.05) is 19.6 Å². The van der Waals surface area contributed by atoms with Crippen LogP contribution < -0.4 is 5.56 Å². The number of hydrogen-bond donors (Lipinski definition) is 0. The zero-order valence-electron chi connectivity index (χ0n) is 14.6. The molecule has 0 saturated carbocycles. The second kappa shape index (κ2) is 7.61. The van der Waals surface area contributed by atoms with E-state index in [1.165, 1.54) is 0 Å². The van der Waals surface area contributed by atoms with Gasteiger partial charge < -0.3 is 4.90 Å². The highest BCUT2D eigenvalue weighted by molar-refractivity contribution is 5.04. The predicted octanol–water partition coefficient (Wildman–Crippen LogP) is 2.18. The van der Waals surface area contributed by atoms with Gasteiger partial charge in [0.05, 0.1) is 12.7 Å². The first-order chi connectivity index (χ1) is 12.3. The van der Waals surface area contributed by atoms with E-state index in [1.807, 2.05) is 24.0 Å². The summed E-state index contributed by atoms with van der Waals surface area (Å²) < 4.78 is 41.2. The Kier molecular flexibility index (Phi) is 5.45. The number of likely N-dealkylation sites (tertiary alicyclic amines) is 1. The fraction of sp³-hybridized carbons (Fsp3) is 0.588. The van der Waals surface area contributed by atoms with E-state index in [-0.39, 0.29) is 12.5 Å². The Morgan fingerprint density at radius 1 is 1.19 bits per heavy atom. The molecule has 1 saturated heterocycles. The zero-order chi connectivity index (χ0) is 18.7. The molecule has 0 spiro atoms. The van der Waals surface area contributed by atoms with Crippen LogP contribution in [0.5, 0.6) is 0 Å². The van der Waals surface area contributed by atoms with Gasteiger partial charge in [-0.05, 0) is 50.4 Å². The lowest BCUT2D eigenvalue weighted by Gasteiger charge is -2.31. The van der Waals surface area contributed by atoms with Crippen LogP contribution in [0.1, 0.15) is 24.1 Å². The van der Waals surface area contributed by atoms with Crippen LogP contribution in [0.15, 0.2) is 29.3 Å². The van der Waals surface area contributed by atoms with E-state index >= 15 is 0 Å². The number of piperidine rings is 1. The van der Waals surface area contributed by atoms with Crippen molar-refractivity contribution in [3.63, 3.8) is 0 Å². The number of nitrogens with zero attached hydrogens (tertiary/aromatic N) is 5. The lowest BCUT2D eigenvalue weighted by molar-refractivity contribution is -0.142. The van der Waals surface area contributed by atoms with Crippen molar-refractivity contribution in [3.8, 4) is 0 Å². The van der Waals surface area contributed by atoms with Crippen LogP contribution in [0.25, 0.3) is 0 Å². The van der Waals surface area contributed by atoms with Gasteiger partial charge in [0.15, 0.2) is 5.69 Å². The SMILES string of the molecule is Cc1cnn(CCN2CCC(Cn3nc(C(F)(F)F)ccc3=O)CC2)c1. The van der Waals surface area contributed by atoms with Crippen molar-refractivity contribution >= 4 is 0 Å². The third-order valence-corrected chi connectivity index (χ3v) is 4.70. The van der Waals surface area contributed by atoms with Gasteiger partial charge in [0.25, 0.3) is 5.56 Å². The molecule has 0 bridgehead atoms. The van der Waals surface area contributed by atoms with Crippen LogP contribution in [0.2, 0.25) is 0 Å². The Morgan fingerprint density at radius 3 is 2.54 bits per heavy atom. The minimum Gasteiger partial charge on any atom is -0.301 e. The number of aryl methyl sites for hydroxylation is 1. The van der Waals surface area contributed by atoms with Crippen molar-refractivity contribution in [3.05, 3.63) is 46.1 Å². The number of rotatable bonds is 5. The maximum Gasteiger partial charge on any atom is 0.435 e. The van der Waals surface area contributed by atoms with Crippen LogP contribution in [0, 0.1) is 12.8 Å². The van der Waals surface area contributed by atoms with Crippen molar-refractivity contribution in [2.45, 2.75) is 39.0 Å². The maximum absolute atomic E-state index is 12.8. The average molecular weight is 369 g/mol. The molecule has 26 heavy (non-hydrogen) atoms. The minimum absolute atomic E-state index is 0.159. The smallest absolute Gasteiger partial charge is 0.301 e. The van der Waals surface area contributed by atoms with E-state index in [9.17, 15) is 18.0 Å². The van der Waals surface area contributed by atoms with Gasteiger partial charge in [0.2, 0.25) is 0 Å². The van der Waals surface area contributed by atoms with Crippen LogP contribution in [0.3, 0.4) is 0 Å². The van der Waals surface area contributed by atoms with E-state index in [1.54, 1.807) is 0 Å². The summed E-state index contributed by atoms with van der Waals surface area (Å²) in [5.74, 6) is 0.159. The van der Waals surface area contributed by atoms with Gasteiger partial charge >= 0.3 is 6.18 Å². The molecular weight excluding hydrogens is 347 g/mol. The summed E-state index contributed by atoms with van der Waals surface area (Å²) in [6, 6.07) is 1.68. The normalized spacial score (nSPS) is 16.9. The molecule has 1 aliphatic heterocycles. The first-order valence-electron chi connectivity index (χ1n) is 8.68. The molecule has 142 valence electrons. The van der Waals surface area contributed by atoms with E-state index in [0.29, 0.717) is 0 Å². The molecule has 0 N–H and O–H groups in total. The molecule has 1 fully saturated rings. The van der Waals surface area contributed by atoms with Crippen LogP contribution in [-0.2, 0) is 19.3 Å². The molecule has 0 unspecified atom stereocenters. The topological polar surface area (TPSA) is 56.0 Å². The number of halogens is 3. The highest BCUT2D eigenvalue weighted by atomic mass is 19.4. The first-order valence-corrected chi connectivity index (χ1v) is 8.68. The van der Waals surface area contributed by atoms with Gasteiger partial charge in [-0.1, -0.05) is 0 Å². The Balaban J connectivity index is 1.52. The van der Waals surface area contributed by atoms with E-state index in [0.717, 1.165) is 61.4 Å². The van der Waals surface area contributed by atoms with Crippen molar-refractivity contribution in [1.29, 1.82) is 0 Å². The van der Waals surface area contributed by atoms with Crippen LogP contribution >= 0.6 is 0 Å². The summed E-state index contributed by atoms with van der Waals surface area (Å²) in [6.07, 6.45) is 0.958. The Bertz CT molecular complexity index is 790. The molecular formula is C17H22F3N5O. The standard InChI is InChI=1S/C17H22F3N5O/c1-13-10-21-24(11-13)9-8-23-6-4-14(5-7-23)12-25-16(26)3-2-15(22-25)17(18,19)20/h2-3,10-11,14H,4-9,12H2,1H3. The van der Waals surface area contributed by atoms with Crippen LogP contribution in [0.4, 0.5) is 13.2 Å². The zero-order valence-corrected chi connectivity index (χ0v) is 14.6. The summed E-state index contributed by atoms with van der Waals surface area (Å²) in [6.45, 7) is 5.65. The summed E-state index contributed by atoms with van der Waals surface area (Å²) >= 11 is 0. The van der Waals surface area contributed by atoms with Gasteiger partial charge in [-0.15, -0.1) is 0 Å². The average Bonchev–Trinajstić information content (AvgIpc) is 3.00. The molecule has 1 aliphatic rings. The highest BCUT2D eigenvalue weighted by Crippen LogP contribution is 2.26. The van der Waals surface area contributed by atoms with E-state index in [2.05, 4.69) is 15.1 Å². The largest absolute Gasteiger partial charge is 0.435 e. The molecule has 0 aliphatic carbocycles. The third kappa shape index (κ3) is 4.72. The molecule has 9 heteroatoms. The summed E-state index contributed by atoms with van der Waals surface area (Å²) in [5.41, 5.74) is -0.388. The van der Waals surface area contributed by atoms with Gasteiger partial charge in [-0.3, -0.25) is 9.48 Å². The fourth-order valence-corrected chi connectivity index (χ4v) is 3.20. The van der Waals surface area contributed by atoms with Crippen molar-refractivity contribution in [2.24, 2.45) is 5.92 Å². The quantitative estimate of drug-likeness (QED) is 0.811. The minimum atomic E-state index is -4.54. The molecule has 3 heterocycles. The second-order valence-corrected chi connectivity index (χ2v) is 6.80. The van der Waals surface area contributed by atoms with Gasteiger partial charge in [-0.2, -0.15) is 23.4 Å². The predicted molar refractivity (Wildman–Crippen MR) is 89.6 cm³/mol. The Morgan fingerprint density at radius 2 is 1.92 bits per heavy atom. The molecule has 0 atom stereocenters. The summed E-state index contributed by atoms with van der Waals surface area (Å²) in [4.78, 5) is 14.1.